The molecule has 3 rings (SSSR count). The molecule has 0 aliphatic carbocycles. The Bertz CT molecular complexity index is 585. The summed E-state index contributed by atoms with van der Waals surface area (Å²) in [7, 11) is -3.50. The van der Waals surface area contributed by atoms with Crippen molar-refractivity contribution in [1.29, 1.82) is 0 Å². The molecule has 0 spiro atoms. The topological polar surface area (TPSA) is 66.5 Å². The highest BCUT2D eigenvalue weighted by Crippen LogP contribution is 2.33. The van der Waals surface area contributed by atoms with Crippen molar-refractivity contribution in [3.8, 4) is 0 Å². The lowest BCUT2D eigenvalue weighted by molar-refractivity contribution is -0.121. The number of carbonyl (C=O) groups excluding carboxylic acids is 1. The molecule has 0 radical (unpaired) electrons. The summed E-state index contributed by atoms with van der Waals surface area (Å²) in [5.74, 6) is -0.0551. The number of benzene rings is 1. The van der Waals surface area contributed by atoms with Crippen molar-refractivity contribution in [3.63, 3.8) is 0 Å². The van der Waals surface area contributed by atoms with Gasteiger partial charge in [0, 0.05) is 25.0 Å². The second-order valence-corrected chi connectivity index (χ2v) is 6.88. The first-order chi connectivity index (χ1) is 9.09. The highest BCUT2D eigenvalue weighted by molar-refractivity contribution is 7.89. The minimum Gasteiger partial charge on any atom is -0.354 e. The Hall–Kier alpha value is -1.40. The van der Waals surface area contributed by atoms with Crippen LogP contribution in [-0.2, 0) is 14.8 Å². The number of sulfonamides is 1. The fraction of sp³-hybridized carbons (Fsp3) is 0.462. The third-order valence-corrected chi connectivity index (χ3v) is 5.85. The van der Waals surface area contributed by atoms with Gasteiger partial charge in [0.15, 0.2) is 0 Å². The van der Waals surface area contributed by atoms with Crippen LogP contribution in [0.15, 0.2) is 35.2 Å². The molecule has 5 nitrogen and oxygen atoms in total. The van der Waals surface area contributed by atoms with Crippen LogP contribution in [0.3, 0.4) is 0 Å². The van der Waals surface area contributed by atoms with Gasteiger partial charge in [-0.3, -0.25) is 4.79 Å². The Kier molecular flexibility index (Phi) is 3.06. The van der Waals surface area contributed by atoms with Crippen LogP contribution in [0.25, 0.3) is 0 Å². The standard InChI is InChI=1S/C13H16N2O3S/c16-13-8-10-6-7-11(9-14-13)15(10)19(17,18)12-4-2-1-3-5-12/h1-5,10-11H,6-9H2,(H,14,16)/t10-,11+/m1/s1. The second-order valence-electron chi connectivity index (χ2n) is 5.04. The zero-order chi connectivity index (χ0) is 13.5. The van der Waals surface area contributed by atoms with Crippen molar-refractivity contribution >= 4 is 15.9 Å². The first kappa shape index (κ1) is 12.6. The molecular formula is C13H16N2O3S. The van der Waals surface area contributed by atoms with Gasteiger partial charge in [-0.2, -0.15) is 4.31 Å². The van der Waals surface area contributed by atoms with E-state index in [1.54, 1.807) is 34.6 Å². The van der Waals surface area contributed by atoms with Gasteiger partial charge in [-0.15, -0.1) is 0 Å². The fourth-order valence-electron chi connectivity index (χ4n) is 2.95. The highest BCUT2D eigenvalue weighted by Gasteiger charge is 2.44. The lowest BCUT2D eigenvalue weighted by Gasteiger charge is -2.26. The van der Waals surface area contributed by atoms with E-state index in [1.807, 2.05) is 0 Å². The molecule has 0 aromatic heterocycles. The summed E-state index contributed by atoms with van der Waals surface area (Å²) >= 11 is 0. The summed E-state index contributed by atoms with van der Waals surface area (Å²) < 4.78 is 26.9. The molecule has 2 atom stereocenters. The third kappa shape index (κ3) is 2.15. The molecule has 1 aromatic rings. The maximum absolute atomic E-state index is 12.7. The zero-order valence-corrected chi connectivity index (χ0v) is 11.3. The van der Waals surface area contributed by atoms with Crippen LogP contribution >= 0.6 is 0 Å². The molecule has 2 fully saturated rings. The highest BCUT2D eigenvalue weighted by atomic mass is 32.2. The van der Waals surface area contributed by atoms with Gasteiger partial charge in [0.25, 0.3) is 0 Å². The number of carbonyl (C=O) groups is 1. The predicted molar refractivity (Wildman–Crippen MR) is 69.9 cm³/mol. The SMILES string of the molecule is O=C1C[C@H]2CC[C@@H](CN1)N2S(=O)(=O)c1ccccc1. The van der Waals surface area contributed by atoms with E-state index >= 15 is 0 Å². The number of nitrogens with zero attached hydrogens (tertiary/aromatic N) is 1. The Labute approximate surface area is 112 Å². The minimum absolute atomic E-state index is 0.0551. The molecule has 1 amide bonds. The smallest absolute Gasteiger partial charge is 0.243 e. The van der Waals surface area contributed by atoms with Crippen molar-refractivity contribution in [1.82, 2.24) is 9.62 Å². The van der Waals surface area contributed by atoms with Crippen molar-refractivity contribution < 1.29 is 13.2 Å². The van der Waals surface area contributed by atoms with Crippen LogP contribution in [-0.4, -0.2) is 37.3 Å². The predicted octanol–water partition coefficient (Wildman–Crippen LogP) is 0.728. The average Bonchev–Trinajstić information content (AvgIpc) is 2.71. The van der Waals surface area contributed by atoms with Crippen molar-refractivity contribution in [2.75, 3.05) is 6.54 Å². The Morgan fingerprint density at radius 1 is 1.11 bits per heavy atom. The van der Waals surface area contributed by atoms with Gasteiger partial charge in [-0.05, 0) is 25.0 Å². The van der Waals surface area contributed by atoms with Crippen LogP contribution in [0.5, 0.6) is 0 Å². The number of amides is 1. The maximum atomic E-state index is 12.7. The van der Waals surface area contributed by atoms with E-state index in [4.69, 9.17) is 0 Å². The Morgan fingerprint density at radius 3 is 2.53 bits per heavy atom. The number of hydrogen-bond donors (Lipinski definition) is 1. The summed E-state index contributed by atoms with van der Waals surface area (Å²) in [4.78, 5) is 11.9. The van der Waals surface area contributed by atoms with Gasteiger partial charge in [-0.1, -0.05) is 18.2 Å². The summed E-state index contributed by atoms with van der Waals surface area (Å²) in [6, 6.07) is 8.14. The van der Waals surface area contributed by atoms with E-state index < -0.39 is 10.0 Å². The van der Waals surface area contributed by atoms with Crippen LogP contribution in [0.1, 0.15) is 19.3 Å². The average molecular weight is 280 g/mol. The molecule has 2 heterocycles. The van der Waals surface area contributed by atoms with E-state index in [2.05, 4.69) is 5.32 Å². The summed E-state index contributed by atoms with van der Waals surface area (Å²) in [5.41, 5.74) is 0. The molecular weight excluding hydrogens is 264 g/mol. The second kappa shape index (κ2) is 4.61. The molecule has 1 aromatic carbocycles. The van der Waals surface area contributed by atoms with Gasteiger partial charge in [-0.25, -0.2) is 8.42 Å². The summed E-state index contributed by atoms with van der Waals surface area (Å²) in [6.45, 7) is 0.418. The van der Waals surface area contributed by atoms with E-state index in [1.165, 1.54) is 0 Å². The number of hydrogen-bond acceptors (Lipinski definition) is 3. The van der Waals surface area contributed by atoms with Gasteiger partial charge < -0.3 is 5.32 Å². The fourth-order valence-corrected chi connectivity index (χ4v) is 4.84. The number of nitrogens with one attached hydrogen (secondary N) is 1. The van der Waals surface area contributed by atoms with Crippen molar-refractivity contribution in [2.24, 2.45) is 0 Å². The molecule has 6 heteroatoms. The van der Waals surface area contributed by atoms with Gasteiger partial charge in [0.05, 0.1) is 4.90 Å². The van der Waals surface area contributed by atoms with Gasteiger partial charge in [0.1, 0.15) is 0 Å². The lowest BCUT2D eigenvalue weighted by Crippen LogP contribution is -2.42. The van der Waals surface area contributed by atoms with E-state index in [-0.39, 0.29) is 24.4 Å². The zero-order valence-electron chi connectivity index (χ0n) is 10.5. The lowest BCUT2D eigenvalue weighted by atomic mass is 10.1. The maximum Gasteiger partial charge on any atom is 0.243 e. The Balaban J connectivity index is 1.99. The first-order valence-corrected chi connectivity index (χ1v) is 7.88. The normalized spacial score (nSPS) is 27.9. The van der Waals surface area contributed by atoms with Crippen molar-refractivity contribution in [3.05, 3.63) is 30.3 Å². The Morgan fingerprint density at radius 2 is 1.79 bits per heavy atom. The van der Waals surface area contributed by atoms with E-state index in [0.29, 0.717) is 11.4 Å². The molecule has 0 saturated carbocycles. The molecule has 19 heavy (non-hydrogen) atoms. The first-order valence-electron chi connectivity index (χ1n) is 6.44. The minimum atomic E-state index is -3.50. The molecule has 2 bridgehead atoms. The van der Waals surface area contributed by atoms with Gasteiger partial charge in [0.2, 0.25) is 15.9 Å². The van der Waals surface area contributed by atoms with E-state index in [0.717, 1.165) is 12.8 Å². The molecule has 0 unspecified atom stereocenters. The molecule has 2 aliphatic rings. The van der Waals surface area contributed by atoms with Crippen LogP contribution in [0, 0.1) is 0 Å². The summed E-state index contributed by atoms with van der Waals surface area (Å²) in [6.07, 6.45) is 1.85. The molecule has 2 saturated heterocycles. The van der Waals surface area contributed by atoms with Crippen molar-refractivity contribution in [2.45, 2.75) is 36.2 Å². The monoisotopic (exact) mass is 280 g/mol. The quantitative estimate of drug-likeness (QED) is 0.868. The largest absolute Gasteiger partial charge is 0.354 e. The van der Waals surface area contributed by atoms with Crippen LogP contribution in [0.4, 0.5) is 0 Å². The molecule has 102 valence electrons. The van der Waals surface area contributed by atoms with Crippen LogP contribution < -0.4 is 5.32 Å². The van der Waals surface area contributed by atoms with E-state index in [9.17, 15) is 13.2 Å². The third-order valence-electron chi connectivity index (χ3n) is 3.83. The number of rotatable bonds is 2. The summed E-state index contributed by atoms with van der Waals surface area (Å²) in [5, 5.41) is 2.78. The van der Waals surface area contributed by atoms with Crippen LogP contribution in [0.2, 0.25) is 0 Å². The number of fused-ring (bicyclic) bond motifs is 2. The molecule has 1 N–H and O–H groups in total. The molecule has 2 aliphatic heterocycles. The van der Waals surface area contributed by atoms with Gasteiger partial charge >= 0.3 is 0 Å².